The molecule has 1 fully saturated rings. The monoisotopic (exact) mass is 449 g/mol. The highest BCUT2D eigenvalue weighted by atomic mass is 32.2. The molecule has 2 aromatic carbocycles. The number of nitrogens with zero attached hydrogens (tertiary/aromatic N) is 1. The van der Waals surface area contributed by atoms with Gasteiger partial charge in [-0.15, -0.1) is 0 Å². The van der Waals surface area contributed by atoms with E-state index in [1.165, 1.54) is 24.5 Å². The summed E-state index contributed by atoms with van der Waals surface area (Å²) in [6.07, 6.45) is 4.64. The zero-order chi connectivity index (χ0) is 22.2. The summed E-state index contributed by atoms with van der Waals surface area (Å²) in [7, 11) is 0. The first-order valence-electron chi connectivity index (χ1n) is 11.0. The maximum Gasteiger partial charge on any atom is 0.138 e. The van der Waals surface area contributed by atoms with Gasteiger partial charge >= 0.3 is 0 Å². The van der Waals surface area contributed by atoms with E-state index in [1.807, 2.05) is 19.2 Å². The van der Waals surface area contributed by atoms with Crippen LogP contribution in [0.4, 0.5) is 14.5 Å². The first kappa shape index (κ1) is 21.0. The summed E-state index contributed by atoms with van der Waals surface area (Å²) in [6.45, 7) is 4.10. The van der Waals surface area contributed by atoms with Gasteiger partial charge in [-0.25, -0.2) is 13.8 Å². The van der Waals surface area contributed by atoms with Crippen molar-refractivity contribution in [1.29, 1.82) is 0 Å². The van der Waals surface area contributed by atoms with Gasteiger partial charge in [0.05, 0.1) is 0 Å². The lowest BCUT2D eigenvalue weighted by Crippen LogP contribution is -2.02. The molecule has 0 atom stereocenters. The van der Waals surface area contributed by atoms with Crippen LogP contribution in [0.15, 0.2) is 48.7 Å². The van der Waals surface area contributed by atoms with Crippen LogP contribution in [0.5, 0.6) is 0 Å². The number of aromatic amines is 1. The predicted molar refractivity (Wildman–Crippen MR) is 129 cm³/mol. The van der Waals surface area contributed by atoms with Crippen molar-refractivity contribution in [2.45, 2.75) is 39.0 Å². The normalized spacial score (nSPS) is 13.6. The third kappa shape index (κ3) is 4.11. The standard InChI is InChI=1S/C26H25F2N3S/c1-3-32-31-25-14-21(23-10-15(2)30-26-20(23)8-9-29-26)18(12-22(25)16-4-5-16)11-17-6-7-19(27)13-24(17)28/h6-10,12-14,16,31H,3-5,11H2,1-2H3,(H,29,30). The minimum atomic E-state index is -0.555. The number of anilines is 1. The molecule has 32 heavy (non-hydrogen) atoms. The Labute approximate surface area is 190 Å². The SMILES string of the molecule is CCSNc1cc(-c2cc(C)nc3[nH]ccc23)c(Cc2ccc(F)cc2F)cc1C1CC1. The number of H-pyrrole nitrogens is 1. The van der Waals surface area contributed by atoms with Crippen LogP contribution in [0.3, 0.4) is 0 Å². The molecule has 0 aliphatic heterocycles. The topological polar surface area (TPSA) is 40.7 Å². The third-order valence-corrected chi connectivity index (χ3v) is 6.61. The Morgan fingerprint density at radius 2 is 1.91 bits per heavy atom. The molecular formula is C26H25F2N3S. The van der Waals surface area contributed by atoms with Gasteiger partial charge in [0, 0.05) is 41.2 Å². The fraction of sp³-hybridized carbons (Fsp3) is 0.269. The van der Waals surface area contributed by atoms with E-state index < -0.39 is 11.6 Å². The first-order chi connectivity index (χ1) is 15.5. The van der Waals surface area contributed by atoms with Gasteiger partial charge in [-0.3, -0.25) is 0 Å². The number of halogens is 2. The van der Waals surface area contributed by atoms with Crippen LogP contribution in [0.2, 0.25) is 0 Å². The fourth-order valence-electron chi connectivity index (χ4n) is 4.29. The van der Waals surface area contributed by atoms with Crippen molar-refractivity contribution in [2.24, 2.45) is 0 Å². The second-order valence-electron chi connectivity index (χ2n) is 8.37. The van der Waals surface area contributed by atoms with Crippen molar-refractivity contribution in [2.75, 3.05) is 10.5 Å². The summed E-state index contributed by atoms with van der Waals surface area (Å²) in [5.41, 5.74) is 7.80. The zero-order valence-electron chi connectivity index (χ0n) is 18.1. The van der Waals surface area contributed by atoms with Crippen LogP contribution in [-0.2, 0) is 6.42 Å². The number of hydrogen-bond acceptors (Lipinski definition) is 3. The number of rotatable bonds is 7. The van der Waals surface area contributed by atoms with Crippen molar-refractivity contribution < 1.29 is 8.78 Å². The van der Waals surface area contributed by atoms with Crippen molar-refractivity contribution in [1.82, 2.24) is 9.97 Å². The van der Waals surface area contributed by atoms with Crippen LogP contribution >= 0.6 is 11.9 Å². The Balaban J connectivity index is 1.71. The Kier molecular flexibility index (Phi) is 5.64. The second kappa shape index (κ2) is 8.58. The largest absolute Gasteiger partial charge is 0.346 e. The zero-order valence-corrected chi connectivity index (χ0v) is 19.0. The molecule has 0 amide bonds. The molecule has 1 aliphatic carbocycles. The number of aryl methyl sites for hydroxylation is 1. The molecule has 2 heterocycles. The number of fused-ring (bicyclic) bond motifs is 1. The van der Waals surface area contributed by atoms with Gasteiger partial charge in [0.25, 0.3) is 0 Å². The molecule has 164 valence electrons. The van der Waals surface area contributed by atoms with Gasteiger partial charge in [0.1, 0.15) is 17.3 Å². The van der Waals surface area contributed by atoms with E-state index >= 15 is 0 Å². The summed E-state index contributed by atoms with van der Waals surface area (Å²) in [4.78, 5) is 7.82. The van der Waals surface area contributed by atoms with Gasteiger partial charge in [0.2, 0.25) is 0 Å². The van der Waals surface area contributed by atoms with Crippen molar-refractivity contribution >= 4 is 28.7 Å². The highest BCUT2D eigenvalue weighted by Crippen LogP contribution is 2.47. The van der Waals surface area contributed by atoms with E-state index in [1.54, 1.807) is 18.0 Å². The van der Waals surface area contributed by atoms with E-state index in [0.29, 0.717) is 17.9 Å². The minimum Gasteiger partial charge on any atom is -0.346 e. The van der Waals surface area contributed by atoms with E-state index in [-0.39, 0.29) is 0 Å². The Morgan fingerprint density at radius 1 is 1.06 bits per heavy atom. The van der Waals surface area contributed by atoms with Crippen molar-refractivity contribution in [3.05, 3.63) is 82.7 Å². The minimum absolute atomic E-state index is 0.398. The molecule has 0 unspecified atom stereocenters. The van der Waals surface area contributed by atoms with Gasteiger partial charge in [-0.1, -0.05) is 31.0 Å². The average Bonchev–Trinajstić information content (AvgIpc) is 3.51. The number of nitrogens with one attached hydrogen (secondary N) is 2. The summed E-state index contributed by atoms with van der Waals surface area (Å²) in [6, 6.07) is 12.4. The highest BCUT2D eigenvalue weighted by Gasteiger charge is 2.28. The molecule has 0 radical (unpaired) electrons. The lowest BCUT2D eigenvalue weighted by molar-refractivity contribution is 0.574. The van der Waals surface area contributed by atoms with Crippen LogP contribution in [0.25, 0.3) is 22.2 Å². The van der Waals surface area contributed by atoms with Crippen molar-refractivity contribution in [3.63, 3.8) is 0 Å². The van der Waals surface area contributed by atoms with Crippen LogP contribution in [0.1, 0.15) is 48.1 Å². The maximum atomic E-state index is 14.6. The summed E-state index contributed by atoms with van der Waals surface area (Å²) < 4.78 is 31.6. The predicted octanol–water partition coefficient (Wildman–Crippen LogP) is 7.36. The number of benzene rings is 2. The Morgan fingerprint density at radius 3 is 2.66 bits per heavy atom. The lowest BCUT2D eigenvalue weighted by Gasteiger charge is -2.19. The Hall–Kier alpha value is -2.86. The fourth-order valence-corrected chi connectivity index (χ4v) is 4.77. The number of pyridine rings is 1. The third-order valence-electron chi connectivity index (χ3n) is 5.96. The van der Waals surface area contributed by atoms with Crippen LogP contribution in [-0.4, -0.2) is 15.7 Å². The lowest BCUT2D eigenvalue weighted by atomic mass is 9.90. The number of hydrogen-bond donors (Lipinski definition) is 2. The molecule has 0 saturated heterocycles. The first-order valence-corrected chi connectivity index (χ1v) is 12.0. The van der Waals surface area contributed by atoms with Crippen molar-refractivity contribution in [3.8, 4) is 11.1 Å². The quantitative estimate of drug-likeness (QED) is 0.290. The van der Waals surface area contributed by atoms with E-state index in [2.05, 4.69) is 39.8 Å². The second-order valence-corrected chi connectivity index (χ2v) is 9.44. The molecule has 0 bridgehead atoms. The molecule has 0 spiro atoms. The summed E-state index contributed by atoms with van der Waals surface area (Å²) in [5, 5.41) is 1.03. The van der Waals surface area contributed by atoms with E-state index in [9.17, 15) is 8.78 Å². The van der Waals surface area contributed by atoms with Gasteiger partial charge in [-0.05, 0) is 77.8 Å². The Bertz CT molecular complexity index is 1290. The molecular weight excluding hydrogens is 424 g/mol. The van der Waals surface area contributed by atoms with Gasteiger partial charge < -0.3 is 9.71 Å². The molecule has 6 heteroatoms. The van der Waals surface area contributed by atoms with E-state index in [0.717, 1.165) is 50.9 Å². The molecule has 1 aliphatic rings. The van der Waals surface area contributed by atoms with Gasteiger partial charge in [0.15, 0.2) is 0 Å². The van der Waals surface area contributed by atoms with Crippen LogP contribution < -0.4 is 4.72 Å². The maximum absolute atomic E-state index is 14.6. The molecule has 2 aromatic heterocycles. The summed E-state index contributed by atoms with van der Waals surface area (Å²) >= 11 is 1.68. The molecule has 2 N–H and O–H groups in total. The van der Waals surface area contributed by atoms with Crippen LogP contribution in [0, 0.1) is 18.6 Å². The molecule has 4 aromatic rings. The smallest absolute Gasteiger partial charge is 0.138 e. The highest BCUT2D eigenvalue weighted by molar-refractivity contribution is 8.00. The van der Waals surface area contributed by atoms with E-state index in [4.69, 9.17) is 0 Å². The molecule has 3 nitrogen and oxygen atoms in total. The molecule has 5 rings (SSSR count). The number of aromatic nitrogens is 2. The average molecular weight is 450 g/mol. The molecule has 1 saturated carbocycles. The van der Waals surface area contributed by atoms with Gasteiger partial charge in [-0.2, -0.15) is 0 Å². The summed E-state index contributed by atoms with van der Waals surface area (Å²) in [5.74, 6) is 0.427.